The van der Waals surface area contributed by atoms with Gasteiger partial charge in [-0.3, -0.25) is 4.79 Å². The van der Waals surface area contributed by atoms with Crippen LogP contribution in [0.15, 0.2) is 24.3 Å². The zero-order valence-corrected chi connectivity index (χ0v) is 15.6. The number of nitrogens with two attached hydrogens (primary N) is 1. The number of urea groups is 1. The molecule has 0 bridgehead atoms. The van der Waals surface area contributed by atoms with E-state index in [0.717, 1.165) is 48.9 Å². The molecule has 2 heterocycles. The number of amides is 3. The van der Waals surface area contributed by atoms with Gasteiger partial charge in [-0.2, -0.15) is 0 Å². The van der Waals surface area contributed by atoms with E-state index in [1.54, 1.807) is 0 Å². The van der Waals surface area contributed by atoms with Crippen LogP contribution >= 0.6 is 11.3 Å². The molecule has 1 aromatic carbocycles. The Hall–Kier alpha value is -2.96. The molecule has 1 aliphatic rings. The monoisotopic (exact) mass is 404 g/mol. The van der Waals surface area contributed by atoms with E-state index in [2.05, 4.69) is 27.8 Å². The topological polar surface area (TPSA) is 96.2 Å². The van der Waals surface area contributed by atoms with E-state index in [4.69, 9.17) is 5.73 Å². The van der Waals surface area contributed by atoms with Gasteiger partial charge in [0.25, 0.3) is 5.91 Å². The van der Waals surface area contributed by atoms with E-state index in [-0.39, 0.29) is 28.1 Å². The molecular formula is C19H18F2N4O2S. The molecule has 3 amide bonds. The fourth-order valence-electron chi connectivity index (χ4n) is 2.83. The highest BCUT2D eigenvalue weighted by atomic mass is 32.1. The first-order chi connectivity index (χ1) is 13.4. The van der Waals surface area contributed by atoms with Gasteiger partial charge < -0.3 is 21.7 Å². The predicted molar refractivity (Wildman–Crippen MR) is 103 cm³/mol. The summed E-state index contributed by atoms with van der Waals surface area (Å²) in [5.74, 6) is 3.61. The SMILES string of the molecule is NC(=O)Nc1cc(C#Cc2cc(F)cc(F)c2)sc1C(=O)NC1CCCNC1. The number of primary amides is 1. The zero-order chi connectivity index (χ0) is 20.1. The number of nitrogens with one attached hydrogen (secondary N) is 3. The summed E-state index contributed by atoms with van der Waals surface area (Å²) in [5.41, 5.74) is 5.58. The van der Waals surface area contributed by atoms with Crippen LogP contribution in [0.4, 0.5) is 19.3 Å². The maximum Gasteiger partial charge on any atom is 0.316 e. The Morgan fingerprint density at radius 1 is 1.18 bits per heavy atom. The van der Waals surface area contributed by atoms with Crippen molar-refractivity contribution in [2.75, 3.05) is 18.4 Å². The average Bonchev–Trinajstić information content (AvgIpc) is 3.02. The average molecular weight is 404 g/mol. The van der Waals surface area contributed by atoms with E-state index >= 15 is 0 Å². The molecule has 0 saturated carbocycles. The number of benzene rings is 1. The molecule has 3 rings (SSSR count). The number of thiophene rings is 1. The van der Waals surface area contributed by atoms with E-state index < -0.39 is 17.7 Å². The van der Waals surface area contributed by atoms with Gasteiger partial charge in [0, 0.05) is 24.2 Å². The lowest BCUT2D eigenvalue weighted by molar-refractivity contribution is 0.0935. The van der Waals surface area contributed by atoms with Gasteiger partial charge in [0.05, 0.1) is 10.6 Å². The van der Waals surface area contributed by atoms with Crippen molar-refractivity contribution >= 4 is 29.0 Å². The minimum Gasteiger partial charge on any atom is -0.351 e. The van der Waals surface area contributed by atoms with Gasteiger partial charge in [-0.15, -0.1) is 11.3 Å². The van der Waals surface area contributed by atoms with E-state index in [1.807, 2.05) is 0 Å². The molecule has 6 nitrogen and oxygen atoms in total. The Labute approximate surface area is 164 Å². The van der Waals surface area contributed by atoms with E-state index in [0.29, 0.717) is 11.4 Å². The molecule has 1 aliphatic heterocycles. The first-order valence-electron chi connectivity index (χ1n) is 8.60. The van der Waals surface area contributed by atoms with Crippen molar-refractivity contribution in [2.24, 2.45) is 5.73 Å². The second kappa shape index (κ2) is 8.82. The fraction of sp³-hybridized carbons (Fsp3) is 0.263. The van der Waals surface area contributed by atoms with E-state index in [9.17, 15) is 18.4 Å². The quantitative estimate of drug-likeness (QED) is 0.592. The van der Waals surface area contributed by atoms with Gasteiger partial charge in [-0.1, -0.05) is 11.8 Å². The van der Waals surface area contributed by atoms with Crippen molar-refractivity contribution in [1.82, 2.24) is 10.6 Å². The number of rotatable bonds is 3. The Morgan fingerprint density at radius 3 is 2.57 bits per heavy atom. The Morgan fingerprint density at radius 2 is 1.93 bits per heavy atom. The predicted octanol–water partition coefficient (Wildman–Crippen LogP) is 2.40. The highest BCUT2D eigenvalue weighted by Crippen LogP contribution is 2.27. The van der Waals surface area contributed by atoms with Crippen LogP contribution in [0.2, 0.25) is 0 Å². The van der Waals surface area contributed by atoms with Crippen molar-refractivity contribution in [3.63, 3.8) is 0 Å². The van der Waals surface area contributed by atoms with Crippen LogP contribution in [0.1, 0.15) is 33.0 Å². The lowest BCUT2D eigenvalue weighted by Gasteiger charge is -2.23. The second-order valence-corrected chi connectivity index (χ2v) is 7.32. The molecule has 0 spiro atoms. The molecule has 0 aliphatic carbocycles. The molecule has 28 heavy (non-hydrogen) atoms. The van der Waals surface area contributed by atoms with E-state index in [1.165, 1.54) is 6.07 Å². The molecule has 1 atom stereocenters. The molecule has 1 fully saturated rings. The number of carbonyl (C=O) groups excluding carboxylic acids is 2. The maximum atomic E-state index is 13.3. The number of halogens is 2. The zero-order valence-electron chi connectivity index (χ0n) is 14.8. The van der Waals surface area contributed by atoms with Gasteiger partial charge in [0.2, 0.25) is 0 Å². The number of piperidine rings is 1. The van der Waals surface area contributed by atoms with Gasteiger partial charge in [-0.25, -0.2) is 13.6 Å². The molecule has 1 aromatic heterocycles. The third-order valence-corrected chi connectivity index (χ3v) is 5.07. The molecule has 0 radical (unpaired) electrons. The first-order valence-corrected chi connectivity index (χ1v) is 9.42. The van der Waals surface area contributed by atoms with Gasteiger partial charge in [0.15, 0.2) is 0 Å². The smallest absolute Gasteiger partial charge is 0.316 e. The van der Waals surface area contributed by atoms with Crippen molar-refractivity contribution in [3.8, 4) is 11.8 Å². The van der Waals surface area contributed by atoms with Crippen molar-refractivity contribution < 1.29 is 18.4 Å². The van der Waals surface area contributed by atoms with Crippen molar-refractivity contribution in [1.29, 1.82) is 0 Å². The van der Waals surface area contributed by atoms with Crippen molar-refractivity contribution in [3.05, 3.63) is 51.2 Å². The standard InChI is InChI=1S/C19H18F2N4O2S/c20-12-6-11(7-13(21)8-12)3-4-15-9-16(25-19(22)27)17(28-15)18(26)24-14-2-1-5-23-10-14/h6-9,14,23H,1-2,5,10H2,(H,24,26)(H3,22,25,27). The van der Waals surface area contributed by atoms with Crippen LogP contribution in [0, 0.1) is 23.5 Å². The Bertz CT molecular complexity index is 938. The summed E-state index contributed by atoms with van der Waals surface area (Å²) in [6.07, 6.45) is 1.82. The molecule has 146 valence electrons. The fourth-order valence-corrected chi connectivity index (χ4v) is 3.70. The summed E-state index contributed by atoms with van der Waals surface area (Å²) >= 11 is 1.06. The highest BCUT2D eigenvalue weighted by Gasteiger charge is 2.21. The number of carbonyl (C=O) groups is 2. The van der Waals surface area contributed by atoms with Crippen molar-refractivity contribution in [2.45, 2.75) is 18.9 Å². The van der Waals surface area contributed by atoms with Crippen LogP contribution < -0.4 is 21.7 Å². The third kappa shape index (κ3) is 5.28. The summed E-state index contributed by atoms with van der Waals surface area (Å²) in [6, 6.07) is 3.67. The molecule has 1 saturated heterocycles. The normalized spacial score (nSPS) is 16.0. The van der Waals surface area contributed by atoms with Crippen LogP contribution in [-0.2, 0) is 0 Å². The minimum absolute atomic E-state index is 0.00502. The molecule has 2 aromatic rings. The number of hydrogen-bond acceptors (Lipinski definition) is 4. The molecule has 1 unspecified atom stereocenters. The second-order valence-electron chi connectivity index (χ2n) is 6.27. The molecule has 9 heteroatoms. The van der Waals surface area contributed by atoms with Crippen LogP contribution in [0.3, 0.4) is 0 Å². The Balaban J connectivity index is 1.84. The molecular weight excluding hydrogens is 386 g/mol. The van der Waals surface area contributed by atoms with Gasteiger partial charge in [-0.05, 0) is 37.6 Å². The first kappa shape index (κ1) is 19.8. The summed E-state index contributed by atoms with van der Waals surface area (Å²) in [5, 5.41) is 8.54. The molecule has 5 N–H and O–H groups in total. The van der Waals surface area contributed by atoms with Gasteiger partial charge >= 0.3 is 6.03 Å². The van der Waals surface area contributed by atoms with Crippen LogP contribution in [-0.4, -0.2) is 31.1 Å². The summed E-state index contributed by atoms with van der Waals surface area (Å²) < 4.78 is 26.5. The Kier molecular flexibility index (Phi) is 6.23. The number of hydrogen-bond donors (Lipinski definition) is 4. The largest absolute Gasteiger partial charge is 0.351 e. The third-order valence-electron chi connectivity index (χ3n) is 4.02. The van der Waals surface area contributed by atoms with Crippen LogP contribution in [0.25, 0.3) is 0 Å². The maximum absolute atomic E-state index is 13.3. The number of anilines is 1. The van der Waals surface area contributed by atoms with Crippen LogP contribution in [0.5, 0.6) is 0 Å². The lowest BCUT2D eigenvalue weighted by Crippen LogP contribution is -2.45. The lowest BCUT2D eigenvalue weighted by atomic mass is 10.1. The summed E-state index contributed by atoms with van der Waals surface area (Å²) in [7, 11) is 0. The minimum atomic E-state index is -0.808. The summed E-state index contributed by atoms with van der Waals surface area (Å²) in [6.45, 7) is 1.59. The highest BCUT2D eigenvalue weighted by molar-refractivity contribution is 7.15. The van der Waals surface area contributed by atoms with Gasteiger partial charge in [0.1, 0.15) is 16.5 Å². The summed E-state index contributed by atoms with van der Waals surface area (Å²) in [4.78, 5) is 24.6.